The highest BCUT2D eigenvalue weighted by Gasteiger charge is 2.40. The fourth-order valence-corrected chi connectivity index (χ4v) is 3.80. The van der Waals surface area contributed by atoms with Gasteiger partial charge in [-0.25, -0.2) is 0 Å². The maximum atomic E-state index is 11.7. The Bertz CT molecular complexity index is 609. The van der Waals surface area contributed by atoms with E-state index in [1.54, 1.807) is 6.92 Å². The Balaban J connectivity index is 2.13. The van der Waals surface area contributed by atoms with Gasteiger partial charge < -0.3 is 5.32 Å². The maximum Gasteiger partial charge on any atom is 0.216 e. The molecule has 1 saturated heterocycles. The lowest BCUT2D eigenvalue weighted by Crippen LogP contribution is -2.55. The summed E-state index contributed by atoms with van der Waals surface area (Å²) in [7, 11) is 0. The predicted octanol–water partition coefficient (Wildman–Crippen LogP) is 3.55. The van der Waals surface area contributed by atoms with Crippen LogP contribution in [0.3, 0.4) is 0 Å². The lowest BCUT2D eigenvalue weighted by atomic mass is 9.79. The number of carbonyl (C=O) groups excluding carboxylic acids is 1. The molecule has 0 saturated carbocycles. The van der Waals surface area contributed by atoms with Crippen LogP contribution in [0.2, 0.25) is 0 Å². The molecule has 0 radical (unpaired) electrons. The van der Waals surface area contributed by atoms with Crippen LogP contribution in [0.15, 0.2) is 60.7 Å². The van der Waals surface area contributed by atoms with Crippen LogP contribution in [0.1, 0.15) is 37.3 Å². The van der Waals surface area contributed by atoms with E-state index in [9.17, 15) is 4.79 Å². The second kappa shape index (κ2) is 7.63. The summed E-state index contributed by atoms with van der Waals surface area (Å²) >= 11 is 0. The minimum Gasteiger partial charge on any atom is -0.354 e. The smallest absolute Gasteiger partial charge is 0.216 e. The van der Waals surface area contributed by atoms with Crippen LogP contribution in [0.4, 0.5) is 0 Å². The first-order valence-corrected chi connectivity index (χ1v) is 8.84. The maximum absolute atomic E-state index is 11.7. The van der Waals surface area contributed by atoms with Crippen molar-refractivity contribution in [3.63, 3.8) is 0 Å². The van der Waals surface area contributed by atoms with E-state index in [1.165, 1.54) is 30.4 Å². The summed E-state index contributed by atoms with van der Waals surface area (Å²) < 4.78 is 0. The Morgan fingerprint density at radius 2 is 1.42 bits per heavy atom. The number of hydrogen-bond donors (Lipinski definition) is 1. The second-order valence-corrected chi connectivity index (χ2v) is 6.55. The lowest BCUT2D eigenvalue weighted by molar-refractivity contribution is -0.119. The monoisotopic (exact) mass is 322 g/mol. The van der Waals surface area contributed by atoms with Gasteiger partial charge in [-0.15, -0.1) is 0 Å². The highest BCUT2D eigenvalue weighted by atomic mass is 16.1. The van der Waals surface area contributed by atoms with Crippen molar-refractivity contribution in [3.05, 3.63) is 71.8 Å². The first-order chi connectivity index (χ1) is 11.7. The lowest BCUT2D eigenvalue weighted by Gasteiger charge is -2.47. The third kappa shape index (κ3) is 3.36. The van der Waals surface area contributed by atoms with Crippen molar-refractivity contribution in [2.24, 2.45) is 0 Å². The van der Waals surface area contributed by atoms with E-state index in [-0.39, 0.29) is 11.4 Å². The molecule has 1 aliphatic rings. The summed E-state index contributed by atoms with van der Waals surface area (Å²) in [5.74, 6) is 0.0169. The van der Waals surface area contributed by atoms with Crippen molar-refractivity contribution in [1.29, 1.82) is 0 Å². The molecule has 0 unspecified atom stereocenters. The van der Waals surface area contributed by atoms with E-state index in [4.69, 9.17) is 0 Å². The van der Waals surface area contributed by atoms with Gasteiger partial charge in [-0.1, -0.05) is 67.1 Å². The van der Waals surface area contributed by atoms with Crippen LogP contribution in [0.5, 0.6) is 0 Å². The minimum absolute atomic E-state index is 0.0169. The average molecular weight is 322 g/mol. The van der Waals surface area contributed by atoms with E-state index >= 15 is 0 Å². The van der Waals surface area contributed by atoms with Gasteiger partial charge in [0.1, 0.15) is 0 Å². The zero-order valence-electron chi connectivity index (χ0n) is 14.4. The zero-order valence-corrected chi connectivity index (χ0v) is 14.4. The van der Waals surface area contributed by atoms with Gasteiger partial charge in [-0.2, -0.15) is 0 Å². The molecule has 1 heterocycles. The fourth-order valence-electron chi connectivity index (χ4n) is 3.80. The Hall–Kier alpha value is -2.13. The van der Waals surface area contributed by atoms with Crippen LogP contribution in [0, 0.1) is 0 Å². The zero-order chi connectivity index (χ0) is 16.8. The number of hydrogen-bond acceptors (Lipinski definition) is 2. The number of rotatable bonds is 5. The highest BCUT2D eigenvalue weighted by molar-refractivity contribution is 5.73. The molecular weight excluding hydrogens is 296 g/mol. The van der Waals surface area contributed by atoms with Gasteiger partial charge in [-0.05, 0) is 37.1 Å². The molecule has 0 atom stereocenters. The molecule has 3 heteroatoms. The summed E-state index contributed by atoms with van der Waals surface area (Å²) in [5, 5.41) is 3.10. The molecule has 24 heavy (non-hydrogen) atoms. The van der Waals surface area contributed by atoms with Crippen LogP contribution < -0.4 is 5.32 Å². The van der Waals surface area contributed by atoms with E-state index in [0.717, 1.165) is 13.1 Å². The van der Waals surface area contributed by atoms with Crippen LogP contribution >= 0.6 is 0 Å². The number of piperidine rings is 1. The van der Waals surface area contributed by atoms with Gasteiger partial charge >= 0.3 is 0 Å². The molecule has 1 amide bonds. The standard InChI is InChI=1S/C21H26N2O/c1-18(24)22-17-21(19-11-5-2-6-12-19,20-13-7-3-8-14-20)23-15-9-4-10-16-23/h2-3,5-8,11-14H,4,9-10,15-17H2,1H3,(H,22,24). The molecular formula is C21H26N2O. The van der Waals surface area contributed by atoms with Crippen molar-refractivity contribution in [2.45, 2.75) is 31.7 Å². The second-order valence-electron chi connectivity index (χ2n) is 6.55. The molecule has 2 aromatic rings. The Kier molecular flexibility index (Phi) is 5.31. The average Bonchev–Trinajstić information content (AvgIpc) is 2.65. The number of benzene rings is 2. The van der Waals surface area contributed by atoms with Crippen LogP contribution in [-0.2, 0) is 10.3 Å². The summed E-state index contributed by atoms with van der Waals surface area (Å²) in [6.45, 7) is 4.31. The molecule has 0 spiro atoms. The van der Waals surface area contributed by atoms with Crippen molar-refractivity contribution in [2.75, 3.05) is 19.6 Å². The number of carbonyl (C=O) groups is 1. The Morgan fingerprint density at radius 1 is 0.917 bits per heavy atom. The molecule has 1 N–H and O–H groups in total. The normalized spacial score (nSPS) is 15.9. The molecule has 0 aromatic heterocycles. The molecule has 3 rings (SSSR count). The third-order valence-corrected chi connectivity index (χ3v) is 4.99. The van der Waals surface area contributed by atoms with Gasteiger partial charge in [0.2, 0.25) is 5.91 Å². The fraction of sp³-hybridized carbons (Fsp3) is 0.381. The van der Waals surface area contributed by atoms with E-state index < -0.39 is 0 Å². The Labute approximate surface area is 144 Å². The van der Waals surface area contributed by atoms with E-state index in [0.29, 0.717) is 6.54 Å². The van der Waals surface area contributed by atoms with Gasteiger partial charge in [0.05, 0.1) is 5.54 Å². The van der Waals surface area contributed by atoms with Crippen molar-refractivity contribution < 1.29 is 4.79 Å². The molecule has 2 aromatic carbocycles. The van der Waals surface area contributed by atoms with Gasteiger partial charge in [0.15, 0.2) is 0 Å². The number of likely N-dealkylation sites (tertiary alicyclic amines) is 1. The van der Waals surface area contributed by atoms with Crippen LogP contribution in [0.25, 0.3) is 0 Å². The van der Waals surface area contributed by atoms with Crippen molar-refractivity contribution in [3.8, 4) is 0 Å². The van der Waals surface area contributed by atoms with Crippen molar-refractivity contribution in [1.82, 2.24) is 10.2 Å². The molecule has 0 aliphatic carbocycles. The summed E-state index contributed by atoms with van der Waals surface area (Å²) in [5.41, 5.74) is 2.17. The first-order valence-electron chi connectivity index (χ1n) is 8.84. The first kappa shape index (κ1) is 16.7. The summed E-state index contributed by atoms with van der Waals surface area (Å²) in [4.78, 5) is 14.3. The Morgan fingerprint density at radius 3 is 1.88 bits per heavy atom. The topological polar surface area (TPSA) is 32.3 Å². The van der Waals surface area contributed by atoms with Gasteiger partial charge in [0, 0.05) is 13.5 Å². The van der Waals surface area contributed by atoms with Crippen LogP contribution in [-0.4, -0.2) is 30.4 Å². The van der Waals surface area contributed by atoms with Crippen molar-refractivity contribution >= 4 is 5.91 Å². The third-order valence-electron chi connectivity index (χ3n) is 4.99. The number of nitrogens with one attached hydrogen (secondary N) is 1. The quantitative estimate of drug-likeness (QED) is 0.913. The molecule has 0 bridgehead atoms. The molecule has 1 fully saturated rings. The minimum atomic E-state index is -0.311. The molecule has 126 valence electrons. The number of amides is 1. The predicted molar refractivity (Wildman–Crippen MR) is 97.8 cm³/mol. The van der Waals surface area contributed by atoms with E-state index in [1.807, 2.05) is 12.1 Å². The van der Waals surface area contributed by atoms with Gasteiger partial charge in [0.25, 0.3) is 0 Å². The number of nitrogens with zero attached hydrogens (tertiary/aromatic N) is 1. The SMILES string of the molecule is CC(=O)NCC(c1ccccc1)(c1ccccc1)N1CCCCC1. The summed E-state index contributed by atoms with van der Waals surface area (Å²) in [6.07, 6.45) is 3.71. The largest absolute Gasteiger partial charge is 0.354 e. The molecule has 3 nitrogen and oxygen atoms in total. The van der Waals surface area contributed by atoms with Gasteiger partial charge in [-0.3, -0.25) is 9.69 Å². The van der Waals surface area contributed by atoms with E-state index in [2.05, 4.69) is 58.7 Å². The highest BCUT2D eigenvalue weighted by Crippen LogP contribution is 2.37. The molecule has 1 aliphatic heterocycles. The summed E-state index contributed by atoms with van der Waals surface area (Å²) in [6, 6.07) is 21.2.